The van der Waals surface area contributed by atoms with Crippen LogP contribution in [0.25, 0.3) is 0 Å². The lowest BCUT2D eigenvalue weighted by molar-refractivity contribution is -0.127. The van der Waals surface area contributed by atoms with Crippen LogP contribution in [0.1, 0.15) is 103 Å². The summed E-state index contributed by atoms with van der Waals surface area (Å²) in [6.45, 7) is 0. The van der Waals surface area contributed by atoms with E-state index in [1.54, 1.807) is 0 Å². The average Bonchev–Trinajstić information content (AvgIpc) is 3.04. The molecule has 3 rings (SSSR count). The topological polar surface area (TPSA) is 58.2 Å². The maximum absolute atomic E-state index is 12.6. The third-order valence-corrected chi connectivity index (χ3v) is 6.68. The molecule has 0 aliphatic heterocycles. The molecule has 2 N–H and O–H groups in total. The Balaban J connectivity index is 1.49. The summed E-state index contributed by atoms with van der Waals surface area (Å²) in [6, 6.07) is 0.742. The molecule has 4 nitrogen and oxygen atoms in total. The molecule has 0 unspecified atom stereocenters. The highest BCUT2D eigenvalue weighted by Crippen LogP contribution is 2.44. The maximum Gasteiger partial charge on any atom is 0.220 e. The van der Waals surface area contributed by atoms with Crippen LogP contribution in [-0.4, -0.2) is 23.9 Å². The number of carbonyl (C=O) groups is 2. The Morgan fingerprint density at radius 2 is 1.04 bits per heavy atom. The van der Waals surface area contributed by atoms with Crippen molar-refractivity contribution in [3.63, 3.8) is 0 Å². The van der Waals surface area contributed by atoms with Gasteiger partial charge < -0.3 is 10.6 Å². The standard InChI is InChI=1S/C21H36N2O2/c24-19(22-17-9-3-1-4-10-17)15-21(13-7-8-14-21)16-20(25)23-18-11-5-2-6-12-18/h17-18H,1-16H2,(H,22,24)(H,23,25). The number of hydrogen-bond acceptors (Lipinski definition) is 2. The average molecular weight is 349 g/mol. The van der Waals surface area contributed by atoms with Gasteiger partial charge in [0.2, 0.25) is 11.8 Å². The zero-order valence-corrected chi connectivity index (χ0v) is 15.8. The lowest BCUT2D eigenvalue weighted by Gasteiger charge is -2.31. The van der Waals surface area contributed by atoms with E-state index >= 15 is 0 Å². The van der Waals surface area contributed by atoms with Gasteiger partial charge in [0, 0.05) is 24.9 Å². The quantitative estimate of drug-likeness (QED) is 0.755. The summed E-state index contributed by atoms with van der Waals surface area (Å²) < 4.78 is 0. The molecule has 0 radical (unpaired) electrons. The first-order chi connectivity index (χ1) is 12.2. The number of amides is 2. The SMILES string of the molecule is O=C(CC1(CC(=O)NC2CCCCC2)CCCC1)NC1CCCCC1. The van der Waals surface area contributed by atoms with Crippen molar-refractivity contribution in [3.05, 3.63) is 0 Å². The van der Waals surface area contributed by atoms with E-state index in [-0.39, 0.29) is 17.2 Å². The van der Waals surface area contributed by atoms with E-state index in [4.69, 9.17) is 0 Å². The third kappa shape index (κ3) is 5.72. The minimum absolute atomic E-state index is 0.0858. The van der Waals surface area contributed by atoms with Gasteiger partial charge in [-0.15, -0.1) is 0 Å². The molecule has 3 saturated carbocycles. The second-order valence-electron chi connectivity index (χ2n) is 8.87. The van der Waals surface area contributed by atoms with Gasteiger partial charge in [-0.25, -0.2) is 0 Å². The predicted molar refractivity (Wildman–Crippen MR) is 100 cm³/mol. The van der Waals surface area contributed by atoms with Gasteiger partial charge in [0.05, 0.1) is 0 Å². The second-order valence-corrected chi connectivity index (χ2v) is 8.87. The van der Waals surface area contributed by atoms with Crippen molar-refractivity contribution in [3.8, 4) is 0 Å². The molecule has 3 aliphatic rings. The molecule has 0 heterocycles. The van der Waals surface area contributed by atoms with Crippen molar-refractivity contribution in [2.45, 2.75) is 115 Å². The van der Waals surface area contributed by atoms with E-state index in [0.717, 1.165) is 51.4 Å². The van der Waals surface area contributed by atoms with Gasteiger partial charge in [0.15, 0.2) is 0 Å². The molecular formula is C21H36N2O2. The highest BCUT2D eigenvalue weighted by molar-refractivity contribution is 5.80. The highest BCUT2D eigenvalue weighted by atomic mass is 16.2. The van der Waals surface area contributed by atoms with Crippen molar-refractivity contribution in [1.82, 2.24) is 10.6 Å². The third-order valence-electron chi connectivity index (χ3n) is 6.68. The first kappa shape index (κ1) is 18.7. The van der Waals surface area contributed by atoms with Crippen LogP contribution >= 0.6 is 0 Å². The van der Waals surface area contributed by atoms with E-state index in [9.17, 15) is 9.59 Å². The molecule has 0 spiro atoms. The maximum atomic E-state index is 12.6. The number of nitrogens with one attached hydrogen (secondary N) is 2. The molecule has 142 valence electrons. The van der Waals surface area contributed by atoms with Crippen LogP contribution in [0, 0.1) is 5.41 Å². The van der Waals surface area contributed by atoms with Crippen molar-refractivity contribution in [1.29, 1.82) is 0 Å². The smallest absolute Gasteiger partial charge is 0.220 e. The molecule has 0 bridgehead atoms. The Kier molecular flexibility index (Phi) is 6.77. The summed E-state index contributed by atoms with van der Waals surface area (Å²) in [5.41, 5.74) is -0.0858. The minimum atomic E-state index is -0.0858. The van der Waals surface area contributed by atoms with Crippen molar-refractivity contribution in [2.75, 3.05) is 0 Å². The molecule has 3 aliphatic carbocycles. The Bertz CT molecular complexity index is 409. The van der Waals surface area contributed by atoms with Crippen LogP contribution in [0.5, 0.6) is 0 Å². The van der Waals surface area contributed by atoms with Crippen LogP contribution in [0.2, 0.25) is 0 Å². The first-order valence-electron chi connectivity index (χ1n) is 10.7. The summed E-state index contributed by atoms with van der Waals surface area (Å²) >= 11 is 0. The summed E-state index contributed by atoms with van der Waals surface area (Å²) in [6.07, 6.45) is 17.5. The van der Waals surface area contributed by atoms with Gasteiger partial charge in [-0.2, -0.15) is 0 Å². The van der Waals surface area contributed by atoms with Gasteiger partial charge in [0.1, 0.15) is 0 Å². The fraction of sp³-hybridized carbons (Fsp3) is 0.905. The normalized spacial score (nSPS) is 24.8. The van der Waals surface area contributed by atoms with E-state index in [2.05, 4.69) is 10.6 Å². The summed E-state index contributed by atoms with van der Waals surface area (Å²) in [4.78, 5) is 25.2. The number of hydrogen-bond donors (Lipinski definition) is 2. The van der Waals surface area contributed by atoms with Crippen LogP contribution in [0.3, 0.4) is 0 Å². The van der Waals surface area contributed by atoms with E-state index < -0.39 is 0 Å². The summed E-state index contributed by atoms with van der Waals surface area (Å²) in [5, 5.41) is 6.51. The van der Waals surface area contributed by atoms with Gasteiger partial charge in [0.25, 0.3) is 0 Å². The predicted octanol–water partition coefficient (Wildman–Crippen LogP) is 4.22. The fourth-order valence-corrected chi connectivity index (χ4v) is 5.27. The first-order valence-corrected chi connectivity index (χ1v) is 10.7. The van der Waals surface area contributed by atoms with Crippen LogP contribution in [-0.2, 0) is 9.59 Å². The molecule has 0 atom stereocenters. The van der Waals surface area contributed by atoms with Gasteiger partial charge >= 0.3 is 0 Å². The highest BCUT2D eigenvalue weighted by Gasteiger charge is 2.38. The van der Waals surface area contributed by atoms with E-state index in [1.807, 2.05) is 0 Å². The Labute approximate surface area is 152 Å². The minimum Gasteiger partial charge on any atom is -0.353 e. The van der Waals surface area contributed by atoms with Crippen LogP contribution < -0.4 is 10.6 Å². The number of carbonyl (C=O) groups excluding carboxylic acids is 2. The van der Waals surface area contributed by atoms with E-state index in [0.29, 0.717) is 24.9 Å². The largest absolute Gasteiger partial charge is 0.353 e. The Morgan fingerprint density at radius 1 is 0.640 bits per heavy atom. The fourth-order valence-electron chi connectivity index (χ4n) is 5.27. The Hall–Kier alpha value is -1.06. The zero-order chi connectivity index (χ0) is 17.5. The zero-order valence-electron chi connectivity index (χ0n) is 15.8. The summed E-state index contributed by atoms with van der Waals surface area (Å²) in [5.74, 6) is 0.360. The van der Waals surface area contributed by atoms with E-state index in [1.165, 1.54) is 38.5 Å². The van der Waals surface area contributed by atoms with Gasteiger partial charge in [-0.3, -0.25) is 9.59 Å². The molecule has 25 heavy (non-hydrogen) atoms. The van der Waals surface area contributed by atoms with Crippen LogP contribution in [0.15, 0.2) is 0 Å². The molecule has 2 amide bonds. The lowest BCUT2D eigenvalue weighted by Crippen LogP contribution is -2.42. The lowest BCUT2D eigenvalue weighted by atomic mass is 9.78. The molecule has 4 heteroatoms. The molecule has 0 aromatic heterocycles. The van der Waals surface area contributed by atoms with Crippen molar-refractivity contribution in [2.24, 2.45) is 5.41 Å². The second kappa shape index (κ2) is 9.05. The Morgan fingerprint density at radius 3 is 1.44 bits per heavy atom. The molecule has 0 aromatic carbocycles. The summed E-state index contributed by atoms with van der Waals surface area (Å²) in [7, 11) is 0. The van der Waals surface area contributed by atoms with Crippen molar-refractivity contribution < 1.29 is 9.59 Å². The molecular weight excluding hydrogens is 312 g/mol. The molecule has 0 aromatic rings. The monoisotopic (exact) mass is 348 g/mol. The van der Waals surface area contributed by atoms with Crippen molar-refractivity contribution >= 4 is 11.8 Å². The van der Waals surface area contributed by atoms with Gasteiger partial charge in [-0.1, -0.05) is 51.4 Å². The van der Waals surface area contributed by atoms with Gasteiger partial charge in [-0.05, 0) is 43.9 Å². The van der Waals surface area contributed by atoms with Crippen LogP contribution in [0.4, 0.5) is 0 Å². The molecule has 0 saturated heterocycles. The molecule has 3 fully saturated rings. The number of rotatable bonds is 6.